The van der Waals surface area contributed by atoms with Gasteiger partial charge in [0.05, 0.1) is 5.25 Å². The molecule has 30 heavy (non-hydrogen) atoms. The molecule has 1 atom stereocenters. The second kappa shape index (κ2) is 9.81. The van der Waals surface area contributed by atoms with Gasteiger partial charge in [0, 0.05) is 12.2 Å². The molecule has 1 amide bonds. The van der Waals surface area contributed by atoms with Crippen molar-refractivity contribution in [1.82, 2.24) is 15.5 Å². The average Bonchev–Trinajstić information content (AvgIpc) is 3.14. The monoisotopic (exact) mass is 454 g/mol. The highest BCUT2D eigenvalue weighted by Crippen LogP contribution is 2.31. The van der Waals surface area contributed by atoms with Crippen molar-refractivity contribution in [3.05, 3.63) is 60.2 Å². The van der Waals surface area contributed by atoms with Gasteiger partial charge in [-0.2, -0.15) is 0 Å². The largest absolute Gasteiger partial charge is 0.573 e. The van der Waals surface area contributed by atoms with Crippen LogP contribution in [0, 0.1) is 0 Å². The van der Waals surface area contributed by atoms with E-state index in [1.165, 1.54) is 47.4 Å². The number of nitrogens with zero attached hydrogens (tertiary/aromatic N) is 2. The number of amides is 1. The summed E-state index contributed by atoms with van der Waals surface area (Å²) in [6.45, 7) is 2.22. The Kier molecular flexibility index (Phi) is 7.16. The Bertz CT molecular complexity index is 966. The van der Waals surface area contributed by atoms with Crippen LogP contribution in [-0.2, 0) is 11.3 Å². The first kappa shape index (κ1) is 21.9. The number of benzene rings is 2. The third kappa shape index (κ3) is 6.92. The van der Waals surface area contributed by atoms with E-state index in [9.17, 15) is 18.0 Å². The zero-order valence-electron chi connectivity index (χ0n) is 15.6. The predicted octanol–water partition coefficient (Wildman–Crippen LogP) is 4.98. The molecule has 11 heteroatoms. The number of hydrogen-bond acceptors (Lipinski definition) is 7. The number of carbonyl (C=O) groups is 1. The van der Waals surface area contributed by atoms with E-state index in [1.807, 2.05) is 30.3 Å². The fraction of sp³-hybridized carbons (Fsp3) is 0.211. The summed E-state index contributed by atoms with van der Waals surface area (Å²) >= 11 is 2.52. The Morgan fingerprint density at radius 1 is 1.13 bits per heavy atom. The van der Waals surface area contributed by atoms with Crippen molar-refractivity contribution in [1.29, 1.82) is 0 Å². The molecule has 0 bridgehead atoms. The Morgan fingerprint density at radius 2 is 1.83 bits per heavy atom. The lowest BCUT2D eigenvalue weighted by Gasteiger charge is -2.10. The van der Waals surface area contributed by atoms with Crippen molar-refractivity contribution in [2.24, 2.45) is 0 Å². The molecule has 0 aliphatic carbocycles. The zero-order valence-corrected chi connectivity index (χ0v) is 17.3. The summed E-state index contributed by atoms with van der Waals surface area (Å²) in [5, 5.41) is 14.0. The van der Waals surface area contributed by atoms with E-state index in [2.05, 4.69) is 25.6 Å². The van der Waals surface area contributed by atoms with Crippen LogP contribution < -0.4 is 15.4 Å². The zero-order chi connectivity index (χ0) is 21.6. The van der Waals surface area contributed by atoms with Crippen LogP contribution in [0.5, 0.6) is 5.75 Å². The minimum Gasteiger partial charge on any atom is -0.406 e. The number of halogens is 3. The summed E-state index contributed by atoms with van der Waals surface area (Å²) in [5.41, 5.74) is 1.54. The normalized spacial score (nSPS) is 12.3. The molecule has 3 aromatic rings. The number of alkyl halides is 3. The van der Waals surface area contributed by atoms with Crippen molar-refractivity contribution in [3.63, 3.8) is 0 Å². The summed E-state index contributed by atoms with van der Waals surface area (Å²) < 4.78 is 41.0. The fourth-order valence-electron chi connectivity index (χ4n) is 2.30. The molecule has 0 fully saturated rings. The third-order valence-corrected chi connectivity index (χ3v) is 5.72. The standard InChI is InChI=1S/C19H17F3N4O2S2/c1-12(16(27)23-11-13-5-3-2-4-6-13)29-18-26-25-17(30-18)24-14-7-9-15(10-8-14)28-19(20,21)22/h2-10,12H,11H2,1H3,(H,23,27)(H,24,25). The van der Waals surface area contributed by atoms with Crippen molar-refractivity contribution >= 4 is 39.8 Å². The van der Waals surface area contributed by atoms with Crippen LogP contribution in [0.15, 0.2) is 58.9 Å². The maximum absolute atomic E-state index is 12.3. The van der Waals surface area contributed by atoms with Gasteiger partial charge in [-0.15, -0.1) is 23.4 Å². The van der Waals surface area contributed by atoms with Gasteiger partial charge in [0.1, 0.15) is 5.75 Å². The number of anilines is 2. The molecular weight excluding hydrogens is 437 g/mol. The topological polar surface area (TPSA) is 76.1 Å². The van der Waals surface area contributed by atoms with E-state index in [0.29, 0.717) is 21.7 Å². The van der Waals surface area contributed by atoms with Crippen LogP contribution in [0.3, 0.4) is 0 Å². The minimum absolute atomic E-state index is 0.117. The van der Waals surface area contributed by atoms with Crippen LogP contribution in [0.4, 0.5) is 24.0 Å². The van der Waals surface area contributed by atoms with E-state index in [-0.39, 0.29) is 16.9 Å². The number of nitrogens with one attached hydrogen (secondary N) is 2. The Hall–Kier alpha value is -2.79. The number of aromatic nitrogens is 2. The quantitative estimate of drug-likeness (QED) is 0.468. The Balaban J connectivity index is 1.50. The van der Waals surface area contributed by atoms with Gasteiger partial charge >= 0.3 is 6.36 Å². The molecule has 158 valence electrons. The summed E-state index contributed by atoms with van der Waals surface area (Å²) in [5.74, 6) is -0.425. The summed E-state index contributed by atoms with van der Waals surface area (Å²) in [6, 6.07) is 14.9. The van der Waals surface area contributed by atoms with E-state index in [1.54, 1.807) is 6.92 Å². The Morgan fingerprint density at radius 3 is 2.50 bits per heavy atom. The van der Waals surface area contributed by atoms with E-state index in [0.717, 1.165) is 5.56 Å². The molecule has 0 saturated heterocycles. The predicted molar refractivity (Wildman–Crippen MR) is 110 cm³/mol. The van der Waals surface area contributed by atoms with Crippen molar-refractivity contribution < 1.29 is 22.7 Å². The van der Waals surface area contributed by atoms with Crippen LogP contribution in [0.2, 0.25) is 0 Å². The summed E-state index contributed by atoms with van der Waals surface area (Å²) in [7, 11) is 0. The molecule has 0 aliphatic rings. The van der Waals surface area contributed by atoms with E-state index >= 15 is 0 Å². The molecule has 2 N–H and O–H groups in total. The minimum atomic E-state index is -4.73. The molecule has 0 spiro atoms. The number of ether oxygens (including phenoxy) is 1. The van der Waals surface area contributed by atoms with Gasteiger partial charge in [-0.05, 0) is 36.8 Å². The van der Waals surface area contributed by atoms with Crippen LogP contribution in [0.1, 0.15) is 12.5 Å². The lowest BCUT2D eigenvalue weighted by atomic mass is 10.2. The van der Waals surface area contributed by atoms with Gasteiger partial charge in [0.25, 0.3) is 0 Å². The average molecular weight is 454 g/mol. The lowest BCUT2D eigenvalue weighted by molar-refractivity contribution is -0.274. The third-order valence-electron chi connectivity index (χ3n) is 3.70. The molecule has 0 aliphatic heterocycles. The molecule has 3 rings (SSSR count). The number of thioether (sulfide) groups is 1. The van der Waals surface area contributed by atoms with Crippen molar-refractivity contribution in [3.8, 4) is 5.75 Å². The van der Waals surface area contributed by atoms with Crippen LogP contribution in [0.25, 0.3) is 0 Å². The van der Waals surface area contributed by atoms with Crippen LogP contribution >= 0.6 is 23.1 Å². The summed E-state index contributed by atoms with van der Waals surface area (Å²) in [6.07, 6.45) is -4.73. The van der Waals surface area contributed by atoms with Gasteiger partial charge in [0.2, 0.25) is 11.0 Å². The van der Waals surface area contributed by atoms with Gasteiger partial charge in [-0.3, -0.25) is 4.79 Å². The van der Waals surface area contributed by atoms with E-state index in [4.69, 9.17) is 0 Å². The lowest BCUT2D eigenvalue weighted by Crippen LogP contribution is -2.30. The van der Waals surface area contributed by atoms with Gasteiger partial charge in [-0.1, -0.05) is 53.4 Å². The highest BCUT2D eigenvalue weighted by atomic mass is 32.2. The molecule has 1 unspecified atom stereocenters. The first-order valence-corrected chi connectivity index (χ1v) is 10.4. The second-order valence-corrected chi connectivity index (χ2v) is 8.60. The van der Waals surface area contributed by atoms with Crippen molar-refractivity contribution in [2.45, 2.75) is 29.4 Å². The van der Waals surface area contributed by atoms with Gasteiger partial charge in [0.15, 0.2) is 4.34 Å². The molecule has 1 aromatic heterocycles. The van der Waals surface area contributed by atoms with Gasteiger partial charge < -0.3 is 15.4 Å². The number of rotatable bonds is 8. The number of carbonyl (C=O) groups excluding carboxylic acids is 1. The summed E-state index contributed by atoms with van der Waals surface area (Å²) in [4.78, 5) is 12.3. The fourth-order valence-corrected chi connectivity index (χ4v) is 4.25. The Labute approximate surface area is 178 Å². The SMILES string of the molecule is CC(Sc1nnc(Nc2ccc(OC(F)(F)F)cc2)s1)C(=O)NCc1ccccc1. The highest BCUT2D eigenvalue weighted by Gasteiger charge is 2.31. The molecule has 0 saturated carbocycles. The first-order valence-electron chi connectivity index (χ1n) is 8.73. The molecule has 1 heterocycles. The van der Waals surface area contributed by atoms with Gasteiger partial charge in [-0.25, -0.2) is 0 Å². The first-order chi connectivity index (χ1) is 14.3. The molecule has 2 aromatic carbocycles. The highest BCUT2D eigenvalue weighted by molar-refractivity contribution is 8.02. The second-order valence-electron chi connectivity index (χ2n) is 6.03. The van der Waals surface area contributed by atoms with E-state index < -0.39 is 6.36 Å². The van der Waals surface area contributed by atoms with Crippen molar-refractivity contribution in [2.75, 3.05) is 5.32 Å². The maximum atomic E-state index is 12.3. The number of hydrogen-bond donors (Lipinski definition) is 2. The molecular formula is C19H17F3N4O2S2. The maximum Gasteiger partial charge on any atom is 0.573 e. The van der Waals surface area contributed by atoms with Crippen LogP contribution in [-0.4, -0.2) is 27.7 Å². The molecule has 6 nitrogen and oxygen atoms in total. The molecule has 0 radical (unpaired) electrons. The smallest absolute Gasteiger partial charge is 0.406 e.